The van der Waals surface area contributed by atoms with Gasteiger partial charge >= 0.3 is 5.97 Å². The van der Waals surface area contributed by atoms with Crippen molar-refractivity contribution >= 4 is 5.97 Å². The number of esters is 1. The molecular formula is C9H9NO2. The minimum Gasteiger partial charge on any atom is -0.461 e. The van der Waals surface area contributed by atoms with Gasteiger partial charge in [0.15, 0.2) is 0 Å². The second-order valence-corrected chi connectivity index (χ2v) is 2.96. The van der Waals surface area contributed by atoms with E-state index in [4.69, 9.17) is 4.74 Å². The molecule has 1 unspecified atom stereocenters. The van der Waals surface area contributed by atoms with Gasteiger partial charge in [0.1, 0.15) is 0 Å². The molecule has 62 valence electrons. The average Bonchev–Trinajstić information content (AvgIpc) is 2.12. The van der Waals surface area contributed by atoms with Crippen molar-refractivity contribution in [2.75, 3.05) is 6.61 Å². The molecular weight excluding hydrogens is 154 g/mol. The van der Waals surface area contributed by atoms with Gasteiger partial charge in [-0.1, -0.05) is 6.92 Å². The van der Waals surface area contributed by atoms with Crippen molar-refractivity contribution < 1.29 is 9.53 Å². The third-order valence-electron chi connectivity index (χ3n) is 2.07. The zero-order chi connectivity index (χ0) is 8.55. The molecule has 2 rings (SSSR count). The van der Waals surface area contributed by atoms with Crippen LogP contribution in [0.15, 0.2) is 18.5 Å². The van der Waals surface area contributed by atoms with Gasteiger partial charge < -0.3 is 4.74 Å². The van der Waals surface area contributed by atoms with Crippen molar-refractivity contribution in [3.05, 3.63) is 29.6 Å². The standard InChI is InChI=1S/C9H9NO2/c1-6-5-12-9(11)8-4-10-3-2-7(6)8/h2-4,6H,5H2,1H3. The number of hydrogen-bond donors (Lipinski definition) is 0. The third kappa shape index (κ3) is 0.978. The molecule has 1 aliphatic heterocycles. The summed E-state index contributed by atoms with van der Waals surface area (Å²) in [4.78, 5) is 15.1. The quantitative estimate of drug-likeness (QED) is 0.542. The van der Waals surface area contributed by atoms with E-state index in [1.807, 2.05) is 13.0 Å². The second kappa shape index (κ2) is 2.59. The lowest BCUT2D eigenvalue weighted by Gasteiger charge is -2.20. The van der Waals surface area contributed by atoms with Crippen LogP contribution in [0.5, 0.6) is 0 Å². The van der Waals surface area contributed by atoms with Crippen LogP contribution in [0.2, 0.25) is 0 Å². The number of nitrogens with zero attached hydrogens (tertiary/aromatic N) is 1. The van der Waals surface area contributed by atoms with E-state index in [-0.39, 0.29) is 5.97 Å². The molecule has 0 fully saturated rings. The third-order valence-corrected chi connectivity index (χ3v) is 2.07. The van der Waals surface area contributed by atoms with E-state index in [0.717, 1.165) is 5.56 Å². The topological polar surface area (TPSA) is 39.2 Å². The fourth-order valence-corrected chi connectivity index (χ4v) is 1.37. The van der Waals surface area contributed by atoms with Gasteiger partial charge in [-0.05, 0) is 11.6 Å². The molecule has 1 aromatic heterocycles. The number of carbonyl (C=O) groups excluding carboxylic acids is 1. The van der Waals surface area contributed by atoms with Gasteiger partial charge in [0.05, 0.1) is 12.2 Å². The molecule has 2 heterocycles. The lowest BCUT2D eigenvalue weighted by atomic mass is 9.96. The van der Waals surface area contributed by atoms with Crippen LogP contribution in [0.25, 0.3) is 0 Å². The zero-order valence-electron chi connectivity index (χ0n) is 6.78. The summed E-state index contributed by atoms with van der Waals surface area (Å²) in [6.45, 7) is 2.52. The number of hydrogen-bond acceptors (Lipinski definition) is 3. The Morgan fingerprint density at radius 3 is 3.25 bits per heavy atom. The lowest BCUT2D eigenvalue weighted by molar-refractivity contribution is 0.0448. The van der Waals surface area contributed by atoms with E-state index in [1.54, 1.807) is 12.4 Å². The zero-order valence-corrected chi connectivity index (χ0v) is 6.78. The number of carbonyl (C=O) groups is 1. The van der Waals surface area contributed by atoms with Gasteiger partial charge in [-0.25, -0.2) is 4.79 Å². The van der Waals surface area contributed by atoms with E-state index in [0.29, 0.717) is 18.1 Å². The first-order chi connectivity index (χ1) is 5.79. The Bertz CT molecular complexity index is 322. The fourth-order valence-electron chi connectivity index (χ4n) is 1.37. The highest BCUT2D eigenvalue weighted by Gasteiger charge is 2.23. The summed E-state index contributed by atoms with van der Waals surface area (Å²) >= 11 is 0. The average molecular weight is 163 g/mol. The van der Waals surface area contributed by atoms with E-state index in [2.05, 4.69) is 4.98 Å². The smallest absolute Gasteiger partial charge is 0.340 e. The fraction of sp³-hybridized carbons (Fsp3) is 0.333. The summed E-state index contributed by atoms with van der Waals surface area (Å²) in [5.41, 5.74) is 1.65. The van der Waals surface area contributed by atoms with E-state index in [1.165, 1.54) is 0 Å². The number of fused-ring (bicyclic) bond motifs is 1. The molecule has 0 saturated heterocycles. The molecule has 0 aromatic carbocycles. The molecule has 0 aliphatic carbocycles. The van der Waals surface area contributed by atoms with Crippen molar-refractivity contribution in [3.8, 4) is 0 Å². The molecule has 1 aromatic rings. The van der Waals surface area contributed by atoms with Gasteiger partial charge in [-0.3, -0.25) is 4.98 Å². The van der Waals surface area contributed by atoms with Gasteiger partial charge in [-0.15, -0.1) is 0 Å². The summed E-state index contributed by atoms with van der Waals surface area (Å²) in [6.07, 6.45) is 3.27. The predicted molar refractivity (Wildman–Crippen MR) is 42.9 cm³/mol. The van der Waals surface area contributed by atoms with Crippen LogP contribution >= 0.6 is 0 Å². The van der Waals surface area contributed by atoms with Gasteiger partial charge in [-0.2, -0.15) is 0 Å². The normalized spacial score (nSPS) is 21.4. The summed E-state index contributed by atoms with van der Waals surface area (Å²) in [5, 5.41) is 0. The Hall–Kier alpha value is -1.38. The van der Waals surface area contributed by atoms with Gasteiger partial charge in [0.2, 0.25) is 0 Å². The van der Waals surface area contributed by atoms with Crippen LogP contribution in [0.1, 0.15) is 28.8 Å². The van der Waals surface area contributed by atoms with E-state index in [9.17, 15) is 4.79 Å². The molecule has 0 radical (unpaired) electrons. The Labute approximate surface area is 70.4 Å². The molecule has 3 nitrogen and oxygen atoms in total. The Morgan fingerprint density at radius 1 is 1.67 bits per heavy atom. The number of pyridine rings is 1. The van der Waals surface area contributed by atoms with Crippen molar-refractivity contribution in [3.63, 3.8) is 0 Å². The minimum atomic E-state index is -0.254. The molecule has 1 aliphatic rings. The molecule has 0 bridgehead atoms. The highest BCUT2D eigenvalue weighted by atomic mass is 16.5. The van der Waals surface area contributed by atoms with E-state index < -0.39 is 0 Å². The van der Waals surface area contributed by atoms with E-state index >= 15 is 0 Å². The number of aromatic nitrogens is 1. The van der Waals surface area contributed by atoms with Gasteiger partial charge in [0.25, 0.3) is 0 Å². The summed E-state index contributed by atoms with van der Waals surface area (Å²) < 4.78 is 4.94. The Kier molecular flexibility index (Phi) is 1.57. The number of ether oxygens (including phenoxy) is 1. The van der Waals surface area contributed by atoms with Crippen LogP contribution in [-0.2, 0) is 4.74 Å². The SMILES string of the molecule is CC1COC(=O)c2cnccc21. The molecule has 1 atom stereocenters. The second-order valence-electron chi connectivity index (χ2n) is 2.96. The molecule has 12 heavy (non-hydrogen) atoms. The number of cyclic esters (lactones) is 1. The highest BCUT2D eigenvalue weighted by Crippen LogP contribution is 2.24. The Morgan fingerprint density at radius 2 is 2.50 bits per heavy atom. The maximum atomic E-state index is 11.2. The van der Waals surface area contributed by atoms with Crippen LogP contribution in [0.3, 0.4) is 0 Å². The minimum absolute atomic E-state index is 0.254. The Balaban J connectivity index is 2.55. The maximum absolute atomic E-state index is 11.2. The van der Waals surface area contributed by atoms with Crippen LogP contribution in [0.4, 0.5) is 0 Å². The van der Waals surface area contributed by atoms with Crippen molar-refractivity contribution in [2.45, 2.75) is 12.8 Å². The lowest BCUT2D eigenvalue weighted by Crippen LogP contribution is -2.20. The van der Waals surface area contributed by atoms with Crippen LogP contribution < -0.4 is 0 Å². The van der Waals surface area contributed by atoms with Crippen molar-refractivity contribution in [2.24, 2.45) is 0 Å². The first-order valence-corrected chi connectivity index (χ1v) is 3.90. The van der Waals surface area contributed by atoms with Crippen molar-refractivity contribution in [1.82, 2.24) is 4.98 Å². The first kappa shape index (κ1) is 7.28. The number of rotatable bonds is 0. The maximum Gasteiger partial charge on any atom is 0.340 e. The monoisotopic (exact) mass is 163 g/mol. The predicted octanol–water partition coefficient (Wildman–Crippen LogP) is 1.36. The summed E-state index contributed by atoms with van der Waals surface area (Å²) in [6, 6.07) is 1.88. The molecule has 0 saturated carbocycles. The van der Waals surface area contributed by atoms with Crippen molar-refractivity contribution in [1.29, 1.82) is 0 Å². The first-order valence-electron chi connectivity index (χ1n) is 3.90. The molecule has 0 N–H and O–H groups in total. The summed E-state index contributed by atoms with van der Waals surface area (Å²) in [5.74, 6) is 0.0388. The van der Waals surface area contributed by atoms with Gasteiger partial charge in [0, 0.05) is 18.3 Å². The largest absolute Gasteiger partial charge is 0.461 e. The summed E-state index contributed by atoms with van der Waals surface area (Å²) in [7, 11) is 0. The highest BCUT2D eigenvalue weighted by molar-refractivity contribution is 5.91. The molecule has 3 heteroatoms. The van der Waals surface area contributed by atoms with Crippen LogP contribution in [-0.4, -0.2) is 17.6 Å². The molecule has 0 spiro atoms. The molecule has 0 amide bonds. The van der Waals surface area contributed by atoms with Crippen LogP contribution in [0, 0.1) is 0 Å².